The Labute approximate surface area is 187 Å². The van der Waals surface area contributed by atoms with E-state index in [0.29, 0.717) is 33.0 Å². The van der Waals surface area contributed by atoms with Gasteiger partial charge in [0.25, 0.3) is 11.8 Å². The van der Waals surface area contributed by atoms with Gasteiger partial charge in [-0.05, 0) is 54.4 Å². The molecule has 0 aromatic heterocycles. The molecular weight excluding hydrogens is 438 g/mol. The van der Waals surface area contributed by atoms with E-state index in [0.717, 1.165) is 17.7 Å². The minimum atomic E-state index is -1.03. The standard InChI is InChI=1S/C24H17ClF2N2O3/c1-13-3-6-15(25)11-19(13)28-22-21(14-4-8-17(32-2)9-5-14)23(30)29(24(22)31)20-10-7-16(26)12-18(20)27/h3-12,28H,1-2H3. The van der Waals surface area contributed by atoms with E-state index in [1.54, 1.807) is 42.5 Å². The quantitative estimate of drug-likeness (QED) is 0.529. The summed E-state index contributed by atoms with van der Waals surface area (Å²) in [4.78, 5) is 27.4. The van der Waals surface area contributed by atoms with Gasteiger partial charge in [-0.25, -0.2) is 13.7 Å². The number of halogens is 3. The molecule has 1 heterocycles. The van der Waals surface area contributed by atoms with Crippen LogP contribution in [0.2, 0.25) is 5.02 Å². The smallest absolute Gasteiger partial charge is 0.282 e. The Bertz CT molecular complexity index is 1270. The minimum absolute atomic E-state index is 0.0424. The van der Waals surface area contributed by atoms with Crippen LogP contribution in [0.3, 0.4) is 0 Å². The van der Waals surface area contributed by atoms with Gasteiger partial charge in [0.1, 0.15) is 23.1 Å². The third-order valence-electron chi connectivity index (χ3n) is 5.07. The number of ether oxygens (including phenoxy) is 1. The number of methoxy groups -OCH3 is 1. The molecule has 2 amide bonds. The van der Waals surface area contributed by atoms with Gasteiger partial charge >= 0.3 is 0 Å². The molecule has 0 aliphatic carbocycles. The van der Waals surface area contributed by atoms with E-state index in [1.165, 1.54) is 7.11 Å². The van der Waals surface area contributed by atoms with Gasteiger partial charge in [-0.2, -0.15) is 0 Å². The van der Waals surface area contributed by atoms with E-state index in [9.17, 15) is 18.4 Å². The van der Waals surface area contributed by atoms with Crippen LogP contribution in [-0.4, -0.2) is 18.9 Å². The van der Waals surface area contributed by atoms with E-state index < -0.39 is 23.4 Å². The van der Waals surface area contributed by atoms with Crippen molar-refractivity contribution in [3.63, 3.8) is 0 Å². The summed E-state index contributed by atoms with van der Waals surface area (Å²) in [6, 6.07) is 14.3. The lowest BCUT2D eigenvalue weighted by molar-refractivity contribution is -0.120. The van der Waals surface area contributed by atoms with Gasteiger partial charge < -0.3 is 10.1 Å². The fourth-order valence-electron chi connectivity index (χ4n) is 3.42. The molecule has 32 heavy (non-hydrogen) atoms. The maximum Gasteiger partial charge on any atom is 0.282 e. The maximum atomic E-state index is 14.5. The van der Waals surface area contributed by atoms with Crippen LogP contribution in [0.4, 0.5) is 20.2 Å². The molecule has 0 saturated heterocycles. The first-order chi connectivity index (χ1) is 15.3. The lowest BCUT2D eigenvalue weighted by atomic mass is 10.0. The van der Waals surface area contributed by atoms with Crippen molar-refractivity contribution in [3.8, 4) is 5.75 Å². The van der Waals surface area contributed by atoms with E-state index in [4.69, 9.17) is 16.3 Å². The van der Waals surface area contributed by atoms with Crippen LogP contribution in [0.15, 0.2) is 66.4 Å². The van der Waals surface area contributed by atoms with Crippen molar-refractivity contribution >= 4 is 40.4 Å². The number of carbonyl (C=O) groups is 2. The number of nitrogens with one attached hydrogen (secondary N) is 1. The van der Waals surface area contributed by atoms with Crippen LogP contribution in [0.5, 0.6) is 5.75 Å². The second-order valence-corrected chi connectivity index (χ2v) is 7.54. The highest BCUT2D eigenvalue weighted by molar-refractivity contribution is 6.46. The number of rotatable bonds is 5. The van der Waals surface area contributed by atoms with Crippen molar-refractivity contribution in [3.05, 3.63) is 94.1 Å². The number of carbonyl (C=O) groups excluding carboxylic acids is 2. The van der Waals surface area contributed by atoms with E-state index in [1.807, 2.05) is 6.92 Å². The molecule has 0 unspecified atom stereocenters. The van der Waals surface area contributed by atoms with Crippen molar-refractivity contribution in [2.24, 2.45) is 0 Å². The summed E-state index contributed by atoms with van der Waals surface area (Å²) < 4.78 is 33.1. The molecule has 0 atom stereocenters. The number of amides is 2. The number of nitrogens with zero attached hydrogens (tertiary/aromatic N) is 1. The van der Waals surface area contributed by atoms with Crippen molar-refractivity contribution in [2.75, 3.05) is 17.3 Å². The Morgan fingerprint density at radius 1 is 0.938 bits per heavy atom. The summed E-state index contributed by atoms with van der Waals surface area (Å²) >= 11 is 6.10. The normalized spacial score (nSPS) is 13.7. The molecule has 0 radical (unpaired) electrons. The number of hydrogen-bond acceptors (Lipinski definition) is 4. The Balaban J connectivity index is 1.86. The van der Waals surface area contributed by atoms with Gasteiger partial charge in [0.05, 0.1) is 18.4 Å². The van der Waals surface area contributed by atoms with Gasteiger partial charge in [0, 0.05) is 16.8 Å². The third kappa shape index (κ3) is 3.83. The monoisotopic (exact) mass is 454 g/mol. The molecule has 8 heteroatoms. The number of hydrogen-bond donors (Lipinski definition) is 1. The zero-order chi connectivity index (χ0) is 23.0. The summed E-state index contributed by atoms with van der Waals surface area (Å²) in [5, 5.41) is 3.43. The zero-order valence-corrected chi connectivity index (χ0v) is 17.8. The van der Waals surface area contributed by atoms with Gasteiger partial charge in [0.15, 0.2) is 0 Å². The fraction of sp³-hybridized carbons (Fsp3) is 0.0833. The zero-order valence-electron chi connectivity index (χ0n) is 17.1. The molecular formula is C24H17ClF2N2O3. The highest BCUT2D eigenvalue weighted by Crippen LogP contribution is 2.36. The van der Waals surface area contributed by atoms with Crippen LogP contribution >= 0.6 is 11.6 Å². The number of benzene rings is 3. The fourth-order valence-corrected chi connectivity index (χ4v) is 3.59. The molecule has 4 rings (SSSR count). The topological polar surface area (TPSA) is 58.6 Å². The second kappa shape index (κ2) is 8.43. The van der Waals surface area contributed by atoms with E-state index >= 15 is 0 Å². The molecule has 0 spiro atoms. The van der Waals surface area contributed by atoms with Gasteiger partial charge in [0.2, 0.25) is 0 Å². The third-order valence-corrected chi connectivity index (χ3v) is 5.31. The lowest BCUT2D eigenvalue weighted by Gasteiger charge is -2.16. The van der Waals surface area contributed by atoms with E-state index in [-0.39, 0.29) is 17.0 Å². The highest BCUT2D eigenvalue weighted by atomic mass is 35.5. The molecule has 3 aromatic rings. The molecule has 0 saturated carbocycles. The first kappa shape index (κ1) is 21.5. The number of anilines is 2. The summed E-state index contributed by atoms with van der Waals surface area (Å²) in [6.45, 7) is 1.81. The van der Waals surface area contributed by atoms with Crippen LogP contribution in [-0.2, 0) is 9.59 Å². The highest BCUT2D eigenvalue weighted by Gasteiger charge is 2.41. The molecule has 162 valence electrons. The molecule has 1 N–H and O–H groups in total. The van der Waals surface area contributed by atoms with Gasteiger partial charge in [-0.3, -0.25) is 9.59 Å². The largest absolute Gasteiger partial charge is 0.497 e. The summed E-state index contributed by atoms with van der Waals surface area (Å²) in [6.07, 6.45) is 0. The van der Waals surface area contributed by atoms with Crippen LogP contribution < -0.4 is 15.0 Å². The Morgan fingerprint density at radius 3 is 2.31 bits per heavy atom. The summed E-state index contributed by atoms with van der Waals surface area (Å²) in [5.74, 6) is -2.80. The molecule has 0 bridgehead atoms. The number of imide groups is 1. The SMILES string of the molecule is COc1ccc(C2=C(Nc3cc(Cl)ccc3C)C(=O)N(c3ccc(F)cc3F)C2=O)cc1. The molecule has 5 nitrogen and oxygen atoms in total. The van der Waals surface area contributed by atoms with Gasteiger partial charge in [-0.15, -0.1) is 0 Å². The molecule has 3 aromatic carbocycles. The Morgan fingerprint density at radius 2 is 1.66 bits per heavy atom. The average molecular weight is 455 g/mol. The minimum Gasteiger partial charge on any atom is -0.497 e. The number of aryl methyl sites for hydroxylation is 1. The maximum absolute atomic E-state index is 14.5. The van der Waals surface area contributed by atoms with Crippen LogP contribution in [0, 0.1) is 18.6 Å². The van der Waals surface area contributed by atoms with Crippen molar-refractivity contribution in [1.29, 1.82) is 0 Å². The summed E-state index contributed by atoms with van der Waals surface area (Å²) in [7, 11) is 1.51. The van der Waals surface area contributed by atoms with Gasteiger partial charge in [-0.1, -0.05) is 29.8 Å². The Kier molecular flexibility index (Phi) is 5.67. The van der Waals surface area contributed by atoms with Crippen LogP contribution in [0.1, 0.15) is 11.1 Å². The van der Waals surface area contributed by atoms with Crippen molar-refractivity contribution in [2.45, 2.75) is 6.92 Å². The lowest BCUT2D eigenvalue weighted by Crippen LogP contribution is -2.33. The summed E-state index contributed by atoms with van der Waals surface area (Å²) in [5.41, 5.74) is 1.38. The van der Waals surface area contributed by atoms with Crippen LogP contribution in [0.25, 0.3) is 5.57 Å². The predicted molar refractivity (Wildman–Crippen MR) is 119 cm³/mol. The molecule has 1 aliphatic heterocycles. The second-order valence-electron chi connectivity index (χ2n) is 7.10. The Hall–Kier alpha value is -3.71. The van der Waals surface area contributed by atoms with Crippen molar-refractivity contribution < 1.29 is 23.1 Å². The molecule has 1 aliphatic rings. The molecule has 0 fully saturated rings. The van der Waals surface area contributed by atoms with E-state index in [2.05, 4.69) is 5.32 Å². The van der Waals surface area contributed by atoms with Crippen molar-refractivity contribution in [1.82, 2.24) is 0 Å². The first-order valence-electron chi connectivity index (χ1n) is 9.56. The predicted octanol–water partition coefficient (Wildman–Crippen LogP) is 5.33. The average Bonchev–Trinajstić information content (AvgIpc) is 3.00. The first-order valence-corrected chi connectivity index (χ1v) is 9.93.